The third-order valence-corrected chi connectivity index (χ3v) is 7.14. The Kier molecular flexibility index (Phi) is 5.74. The number of piperazine rings is 1. The highest BCUT2D eigenvalue weighted by atomic mass is 35.5. The number of hydrogen-bond acceptors (Lipinski definition) is 6. The van der Waals surface area contributed by atoms with Crippen LogP contribution in [0.25, 0.3) is 0 Å². The maximum Gasteiger partial charge on any atom is 0.271 e. The SMILES string of the molecule is Cc1nc(S(=O)(=O)N2CCNCC2c2cccnc2)sc1C.Cl. The van der Waals surface area contributed by atoms with Crippen LogP contribution in [-0.4, -0.2) is 42.3 Å². The first kappa shape index (κ1) is 18.3. The van der Waals surface area contributed by atoms with Gasteiger partial charge in [-0.25, -0.2) is 13.4 Å². The normalized spacial score (nSPS) is 19.3. The molecule has 1 unspecified atom stereocenters. The number of sulfonamides is 1. The van der Waals surface area contributed by atoms with E-state index in [1.165, 1.54) is 15.6 Å². The van der Waals surface area contributed by atoms with E-state index in [4.69, 9.17) is 0 Å². The Balaban J connectivity index is 0.00000192. The van der Waals surface area contributed by atoms with Crippen LogP contribution >= 0.6 is 23.7 Å². The lowest BCUT2D eigenvalue weighted by Crippen LogP contribution is -2.48. The van der Waals surface area contributed by atoms with Gasteiger partial charge in [-0.15, -0.1) is 23.7 Å². The van der Waals surface area contributed by atoms with E-state index in [1.807, 2.05) is 26.0 Å². The fraction of sp³-hybridized carbons (Fsp3) is 0.429. The molecule has 0 radical (unpaired) electrons. The van der Waals surface area contributed by atoms with Crippen LogP contribution in [0.15, 0.2) is 28.9 Å². The summed E-state index contributed by atoms with van der Waals surface area (Å²) in [7, 11) is -3.59. The molecule has 1 aliphatic rings. The molecule has 0 amide bonds. The lowest BCUT2D eigenvalue weighted by Gasteiger charge is -2.34. The monoisotopic (exact) mass is 374 g/mol. The third kappa shape index (κ3) is 3.56. The van der Waals surface area contributed by atoms with Gasteiger partial charge in [-0.2, -0.15) is 4.31 Å². The predicted molar refractivity (Wildman–Crippen MR) is 92.6 cm³/mol. The van der Waals surface area contributed by atoms with Crippen LogP contribution in [0.4, 0.5) is 0 Å². The lowest BCUT2D eigenvalue weighted by atomic mass is 10.1. The fourth-order valence-electron chi connectivity index (χ4n) is 2.48. The molecule has 0 spiro atoms. The van der Waals surface area contributed by atoms with Crippen LogP contribution in [0.1, 0.15) is 22.2 Å². The molecule has 3 heterocycles. The van der Waals surface area contributed by atoms with E-state index in [0.29, 0.717) is 19.6 Å². The van der Waals surface area contributed by atoms with Crippen molar-refractivity contribution in [2.75, 3.05) is 19.6 Å². The van der Waals surface area contributed by atoms with Crippen molar-refractivity contribution in [1.82, 2.24) is 19.6 Å². The van der Waals surface area contributed by atoms with Crippen LogP contribution in [-0.2, 0) is 10.0 Å². The summed E-state index contributed by atoms with van der Waals surface area (Å²) in [4.78, 5) is 9.28. The molecule has 23 heavy (non-hydrogen) atoms. The molecule has 0 aromatic carbocycles. The van der Waals surface area contributed by atoms with Crippen LogP contribution in [0.5, 0.6) is 0 Å². The molecule has 6 nitrogen and oxygen atoms in total. The average Bonchev–Trinajstić information content (AvgIpc) is 2.88. The summed E-state index contributed by atoms with van der Waals surface area (Å²) in [6.07, 6.45) is 3.41. The summed E-state index contributed by atoms with van der Waals surface area (Å²) < 4.78 is 27.6. The second kappa shape index (κ2) is 7.23. The van der Waals surface area contributed by atoms with Crippen molar-refractivity contribution in [3.63, 3.8) is 0 Å². The molecule has 3 rings (SSSR count). The second-order valence-electron chi connectivity index (χ2n) is 5.24. The Morgan fingerprint density at radius 2 is 2.17 bits per heavy atom. The molecule has 0 bridgehead atoms. The minimum Gasteiger partial charge on any atom is -0.313 e. The minimum atomic E-state index is -3.59. The van der Waals surface area contributed by atoms with Crippen molar-refractivity contribution in [1.29, 1.82) is 0 Å². The van der Waals surface area contributed by atoms with Crippen molar-refractivity contribution >= 4 is 33.8 Å². The van der Waals surface area contributed by atoms with E-state index in [2.05, 4.69) is 15.3 Å². The van der Waals surface area contributed by atoms with Crippen molar-refractivity contribution < 1.29 is 8.42 Å². The van der Waals surface area contributed by atoms with Gasteiger partial charge in [0, 0.05) is 36.9 Å². The van der Waals surface area contributed by atoms with Crippen molar-refractivity contribution in [3.05, 3.63) is 40.7 Å². The topological polar surface area (TPSA) is 75.2 Å². The van der Waals surface area contributed by atoms with Gasteiger partial charge in [-0.3, -0.25) is 4.98 Å². The van der Waals surface area contributed by atoms with Gasteiger partial charge in [0.1, 0.15) is 0 Å². The number of nitrogens with one attached hydrogen (secondary N) is 1. The van der Waals surface area contributed by atoms with Crippen LogP contribution in [0.2, 0.25) is 0 Å². The van der Waals surface area contributed by atoms with Gasteiger partial charge in [0.25, 0.3) is 10.0 Å². The van der Waals surface area contributed by atoms with Crippen LogP contribution < -0.4 is 5.32 Å². The summed E-state index contributed by atoms with van der Waals surface area (Å²) in [5.74, 6) is 0. The largest absolute Gasteiger partial charge is 0.313 e. The molecule has 2 aromatic heterocycles. The Morgan fingerprint density at radius 1 is 1.39 bits per heavy atom. The molecular formula is C14H19ClN4O2S2. The Bertz CT molecular complexity index is 745. The molecule has 126 valence electrons. The number of thiazole rings is 1. The summed E-state index contributed by atoms with van der Waals surface area (Å²) in [6.45, 7) is 5.37. The zero-order chi connectivity index (χ0) is 15.7. The van der Waals surface area contributed by atoms with E-state index in [0.717, 1.165) is 16.1 Å². The van der Waals surface area contributed by atoms with Gasteiger partial charge >= 0.3 is 0 Å². The van der Waals surface area contributed by atoms with E-state index in [-0.39, 0.29) is 22.8 Å². The molecule has 1 fully saturated rings. The molecule has 0 saturated carbocycles. The molecule has 9 heteroatoms. The first-order valence-electron chi connectivity index (χ1n) is 7.06. The fourth-order valence-corrected chi connectivity index (χ4v) is 5.52. The summed E-state index contributed by atoms with van der Waals surface area (Å²) in [5, 5.41) is 3.25. The standard InChI is InChI=1S/C14H18N4O2S2.ClH/c1-10-11(2)21-14(17-10)22(19,20)18-7-6-16-9-13(18)12-4-3-5-15-8-12;/h3-5,8,13,16H,6-7,9H2,1-2H3;1H. The van der Waals surface area contributed by atoms with Gasteiger partial charge in [-0.1, -0.05) is 6.07 Å². The molecule has 1 saturated heterocycles. The summed E-state index contributed by atoms with van der Waals surface area (Å²) in [5.41, 5.74) is 1.67. The first-order valence-corrected chi connectivity index (χ1v) is 9.32. The minimum absolute atomic E-state index is 0. The lowest BCUT2D eigenvalue weighted by molar-refractivity contribution is 0.271. The molecule has 1 N–H and O–H groups in total. The highest BCUT2D eigenvalue weighted by Crippen LogP contribution is 2.31. The molecule has 1 aliphatic heterocycles. The van der Waals surface area contributed by atoms with Crippen LogP contribution in [0.3, 0.4) is 0 Å². The van der Waals surface area contributed by atoms with Crippen molar-refractivity contribution in [2.45, 2.75) is 24.2 Å². The molecule has 2 aromatic rings. The maximum atomic E-state index is 13.0. The Hall–Kier alpha value is -1.06. The third-order valence-electron chi connectivity index (χ3n) is 3.80. The highest BCUT2D eigenvalue weighted by molar-refractivity contribution is 7.91. The molecular weight excluding hydrogens is 356 g/mol. The van der Waals surface area contributed by atoms with Gasteiger partial charge < -0.3 is 5.32 Å². The zero-order valence-electron chi connectivity index (χ0n) is 12.9. The van der Waals surface area contributed by atoms with Gasteiger partial charge in [-0.05, 0) is 25.5 Å². The number of hydrogen-bond donors (Lipinski definition) is 1. The number of nitrogens with zero attached hydrogens (tertiary/aromatic N) is 3. The van der Waals surface area contributed by atoms with Gasteiger partial charge in [0.05, 0.1) is 11.7 Å². The number of halogens is 1. The van der Waals surface area contributed by atoms with Gasteiger partial charge in [0.15, 0.2) is 0 Å². The van der Waals surface area contributed by atoms with Crippen molar-refractivity contribution in [2.24, 2.45) is 0 Å². The zero-order valence-corrected chi connectivity index (χ0v) is 15.3. The van der Waals surface area contributed by atoms with Gasteiger partial charge in [0.2, 0.25) is 4.34 Å². The van der Waals surface area contributed by atoms with E-state index >= 15 is 0 Å². The summed E-state index contributed by atoms with van der Waals surface area (Å²) in [6, 6.07) is 3.48. The average molecular weight is 375 g/mol. The first-order chi connectivity index (χ1) is 10.5. The smallest absolute Gasteiger partial charge is 0.271 e. The van der Waals surface area contributed by atoms with Crippen LogP contribution in [0, 0.1) is 13.8 Å². The number of rotatable bonds is 3. The summed E-state index contributed by atoms with van der Waals surface area (Å²) >= 11 is 1.24. The Morgan fingerprint density at radius 3 is 2.78 bits per heavy atom. The quantitative estimate of drug-likeness (QED) is 0.888. The predicted octanol–water partition coefficient (Wildman–Crippen LogP) is 1.91. The number of pyridine rings is 1. The Labute approximate surface area is 146 Å². The second-order valence-corrected chi connectivity index (χ2v) is 8.51. The maximum absolute atomic E-state index is 13.0. The number of aromatic nitrogens is 2. The highest BCUT2D eigenvalue weighted by Gasteiger charge is 2.36. The van der Waals surface area contributed by atoms with E-state index in [9.17, 15) is 8.42 Å². The molecule has 0 aliphatic carbocycles. The van der Waals surface area contributed by atoms with Crippen molar-refractivity contribution in [3.8, 4) is 0 Å². The van der Waals surface area contributed by atoms with E-state index < -0.39 is 10.0 Å². The molecule has 1 atom stereocenters. The number of aryl methyl sites for hydroxylation is 2. The van der Waals surface area contributed by atoms with E-state index in [1.54, 1.807) is 12.4 Å².